The summed E-state index contributed by atoms with van der Waals surface area (Å²) >= 11 is 5.26. The lowest BCUT2D eigenvalue weighted by molar-refractivity contribution is 0.242. The lowest BCUT2D eigenvalue weighted by Gasteiger charge is -2.35. The number of hydrogen-bond donors (Lipinski definition) is 0. The molecule has 2 aromatic carbocycles. The number of benzene rings is 2. The van der Waals surface area contributed by atoms with Crippen LogP contribution in [0.3, 0.4) is 0 Å². The van der Waals surface area contributed by atoms with E-state index in [0.29, 0.717) is 25.4 Å². The summed E-state index contributed by atoms with van der Waals surface area (Å²) in [6, 6.07) is 11.3. The summed E-state index contributed by atoms with van der Waals surface area (Å²) in [5.74, 6) is -0.471. The number of rotatable bonds is 8. The van der Waals surface area contributed by atoms with E-state index >= 15 is 0 Å². The second-order valence-electron chi connectivity index (χ2n) is 9.62. The van der Waals surface area contributed by atoms with Crippen LogP contribution in [-0.4, -0.2) is 46.9 Å². The van der Waals surface area contributed by atoms with Crippen LogP contribution in [-0.2, 0) is 5.75 Å². The van der Waals surface area contributed by atoms with E-state index in [1.54, 1.807) is 18.1 Å². The van der Waals surface area contributed by atoms with Gasteiger partial charge >= 0.3 is 5.56 Å². The molecule has 1 aliphatic heterocycles. The number of halogens is 3. The molecule has 36 heavy (non-hydrogen) atoms. The summed E-state index contributed by atoms with van der Waals surface area (Å²) in [4.78, 5) is 15.5. The van der Waals surface area contributed by atoms with Gasteiger partial charge in [0, 0.05) is 47.9 Å². The minimum Gasteiger partial charge on any atom is -0.486 e. The van der Waals surface area contributed by atoms with Crippen molar-refractivity contribution in [3.63, 3.8) is 0 Å². The van der Waals surface area contributed by atoms with Crippen molar-refractivity contribution in [3.05, 3.63) is 80.7 Å². The third kappa shape index (κ3) is 5.92. The predicted octanol–water partition coefficient (Wildman–Crippen LogP) is 5.42. The summed E-state index contributed by atoms with van der Waals surface area (Å²) in [6.07, 6.45) is 3.66. The van der Waals surface area contributed by atoms with E-state index in [1.807, 2.05) is 12.1 Å². The first kappa shape index (κ1) is 25.2. The molecule has 5 rings (SSSR count). The molecule has 2 aliphatic rings. The van der Waals surface area contributed by atoms with Gasteiger partial charge in [-0.05, 0) is 42.7 Å². The molecule has 190 valence electrons. The summed E-state index contributed by atoms with van der Waals surface area (Å²) < 4.78 is 38.1. The van der Waals surface area contributed by atoms with Crippen LogP contribution in [0.1, 0.15) is 25.3 Å². The third-order valence-electron chi connectivity index (χ3n) is 6.58. The zero-order chi connectivity index (χ0) is 25.3. The Morgan fingerprint density at radius 3 is 2.36 bits per heavy atom. The monoisotopic (exact) mass is 576 g/mol. The fourth-order valence-corrected chi connectivity index (χ4v) is 5.25. The SMILES string of the molecule is CC1(COc2c(N3CCN(SCc4ccc(Br)cc4)CC3)cnn(-c3cc(F)cc(F)c3)c2=O)CC1. The van der Waals surface area contributed by atoms with E-state index in [2.05, 4.69) is 49.3 Å². The molecule has 0 atom stereocenters. The normalized spacial score (nSPS) is 17.3. The molecule has 2 fully saturated rings. The number of ether oxygens (including phenoxy) is 1. The molecular formula is C26H27BrF2N4O2S. The molecule has 0 radical (unpaired) electrons. The van der Waals surface area contributed by atoms with Gasteiger partial charge in [-0.1, -0.05) is 46.9 Å². The minimum absolute atomic E-state index is 0.0284. The van der Waals surface area contributed by atoms with Crippen molar-refractivity contribution in [1.29, 1.82) is 0 Å². The Labute approximate surface area is 221 Å². The maximum Gasteiger partial charge on any atom is 0.316 e. The quantitative estimate of drug-likeness (QED) is 0.334. The second kappa shape index (κ2) is 10.5. The highest BCUT2D eigenvalue weighted by Gasteiger charge is 2.39. The number of nitrogens with zero attached hydrogens (tertiary/aromatic N) is 4. The first-order chi connectivity index (χ1) is 17.3. The summed E-state index contributed by atoms with van der Waals surface area (Å²) in [6.45, 7) is 5.59. The van der Waals surface area contributed by atoms with Crippen LogP contribution in [0.5, 0.6) is 5.75 Å². The van der Waals surface area contributed by atoms with Crippen molar-refractivity contribution in [1.82, 2.24) is 14.1 Å². The van der Waals surface area contributed by atoms with Crippen LogP contribution in [0.2, 0.25) is 0 Å². The molecular weight excluding hydrogens is 550 g/mol. The van der Waals surface area contributed by atoms with Gasteiger partial charge in [0.1, 0.15) is 17.3 Å². The van der Waals surface area contributed by atoms with Gasteiger partial charge in [0.25, 0.3) is 0 Å². The van der Waals surface area contributed by atoms with Crippen molar-refractivity contribution in [2.45, 2.75) is 25.5 Å². The van der Waals surface area contributed by atoms with E-state index in [0.717, 1.165) is 59.0 Å². The number of hydrogen-bond acceptors (Lipinski definition) is 6. The molecule has 0 unspecified atom stereocenters. The fourth-order valence-electron chi connectivity index (χ4n) is 4.04. The van der Waals surface area contributed by atoms with Crippen molar-refractivity contribution in [2.75, 3.05) is 37.7 Å². The van der Waals surface area contributed by atoms with Gasteiger partial charge in [-0.2, -0.15) is 9.78 Å². The Morgan fingerprint density at radius 1 is 1.06 bits per heavy atom. The molecule has 0 bridgehead atoms. The van der Waals surface area contributed by atoms with Gasteiger partial charge < -0.3 is 9.64 Å². The van der Waals surface area contributed by atoms with Crippen molar-refractivity contribution >= 4 is 33.6 Å². The van der Waals surface area contributed by atoms with Crippen molar-refractivity contribution in [3.8, 4) is 11.4 Å². The van der Waals surface area contributed by atoms with Crippen LogP contribution < -0.4 is 15.2 Å². The molecule has 0 spiro atoms. The molecule has 1 aliphatic carbocycles. The molecule has 3 aromatic rings. The first-order valence-corrected chi connectivity index (χ1v) is 13.6. The third-order valence-corrected chi connectivity index (χ3v) is 8.30. The Balaban J connectivity index is 1.33. The number of piperazine rings is 1. The van der Waals surface area contributed by atoms with Gasteiger partial charge in [-0.3, -0.25) is 4.79 Å². The number of aromatic nitrogens is 2. The molecule has 2 heterocycles. The Kier molecular flexibility index (Phi) is 7.37. The fraction of sp³-hybridized carbons (Fsp3) is 0.385. The molecule has 0 N–H and O–H groups in total. The standard InChI is InChI=1S/C26H27BrF2N4O2S/c1-26(6-7-26)17-35-24-23(15-30-33(25(24)34)22-13-20(28)12-21(29)14-22)31-8-10-32(11-9-31)36-16-18-2-4-19(27)5-3-18/h2-5,12-15H,6-11,16-17H2,1H3. The average Bonchev–Trinajstić information content (AvgIpc) is 3.59. The predicted molar refractivity (Wildman–Crippen MR) is 142 cm³/mol. The Bertz CT molecular complexity index is 1270. The second-order valence-corrected chi connectivity index (χ2v) is 11.6. The van der Waals surface area contributed by atoms with E-state index in [4.69, 9.17) is 4.74 Å². The highest BCUT2D eigenvalue weighted by molar-refractivity contribution is 9.10. The van der Waals surface area contributed by atoms with Crippen LogP contribution in [0.15, 0.2) is 57.9 Å². The van der Waals surface area contributed by atoms with E-state index < -0.39 is 17.2 Å². The van der Waals surface area contributed by atoms with Gasteiger partial charge in [0.05, 0.1) is 18.5 Å². The summed E-state index contributed by atoms with van der Waals surface area (Å²) in [5.41, 5.74) is 1.45. The summed E-state index contributed by atoms with van der Waals surface area (Å²) in [5, 5.41) is 4.26. The van der Waals surface area contributed by atoms with Crippen LogP contribution in [0.4, 0.5) is 14.5 Å². The maximum absolute atomic E-state index is 13.8. The Hall–Kier alpha value is -2.43. The zero-order valence-electron chi connectivity index (χ0n) is 19.9. The van der Waals surface area contributed by atoms with Gasteiger partial charge in [0.2, 0.25) is 5.75 Å². The molecule has 1 saturated carbocycles. The molecule has 1 saturated heterocycles. The van der Waals surface area contributed by atoms with E-state index in [1.165, 1.54) is 5.56 Å². The smallest absolute Gasteiger partial charge is 0.316 e. The van der Waals surface area contributed by atoms with Gasteiger partial charge in [-0.15, -0.1) is 0 Å². The molecule has 10 heteroatoms. The number of anilines is 1. The minimum atomic E-state index is -0.771. The molecule has 6 nitrogen and oxygen atoms in total. The lowest BCUT2D eigenvalue weighted by Crippen LogP contribution is -2.44. The van der Waals surface area contributed by atoms with Crippen molar-refractivity contribution in [2.24, 2.45) is 5.41 Å². The highest BCUT2D eigenvalue weighted by Crippen LogP contribution is 2.45. The highest BCUT2D eigenvalue weighted by atomic mass is 79.9. The summed E-state index contributed by atoms with van der Waals surface area (Å²) in [7, 11) is 0. The lowest BCUT2D eigenvalue weighted by atomic mass is 10.2. The topological polar surface area (TPSA) is 50.6 Å². The molecule has 0 amide bonds. The average molecular weight is 577 g/mol. The van der Waals surface area contributed by atoms with E-state index in [-0.39, 0.29) is 16.9 Å². The van der Waals surface area contributed by atoms with Crippen LogP contribution in [0, 0.1) is 17.0 Å². The molecule has 1 aromatic heterocycles. The Morgan fingerprint density at radius 2 is 1.72 bits per heavy atom. The largest absolute Gasteiger partial charge is 0.486 e. The first-order valence-electron chi connectivity index (χ1n) is 11.9. The van der Waals surface area contributed by atoms with Crippen molar-refractivity contribution < 1.29 is 13.5 Å². The van der Waals surface area contributed by atoms with E-state index in [9.17, 15) is 13.6 Å². The van der Waals surface area contributed by atoms with Gasteiger partial charge in [0.15, 0.2) is 0 Å². The van der Waals surface area contributed by atoms with Crippen LogP contribution >= 0.6 is 27.9 Å². The zero-order valence-corrected chi connectivity index (χ0v) is 22.3. The van der Waals surface area contributed by atoms with Crippen LogP contribution in [0.25, 0.3) is 5.69 Å². The maximum atomic E-state index is 13.8. The van der Waals surface area contributed by atoms with Gasteiger partial charge in [-0.25, -0.2) is 13.1 Å².